The minimum Gasteiger partial charge on any atom is -0.354 e. The van der Waals surface area contributed by atoms with Crippen molar-refractivity contribution >= 4 is 22.8 Å². The number of amides is 1. The van der Waals surface area contributed by atoms with Gasteiger partial charge in [-0.3, -0.25) is 4.79 Å². The predicted molar refractivity (Wildman–Crippen MR) is 148 cm³/mol. The minimum absolute atomic E-state index is 0.0963. The Balaban J connectivity index is 1.46. The molecule has 0 saturated carbocycles. The van der Waals surface area contributed by atoms with Gasteiger partial charge in [-0.15, -0.1) is 0 Å². The fourth-order valence-electron chi connectivity index (χ4n) is 5.33. The SMILES string of the molecule is CCCc1nc(N2CCCN(C(=O)C(CC)c3ccccc3)CC2)c2c(C)nn(-c3ccccc3)c2n1. The molecule has 0 radical (unpaired) electrons. The average Bonchev–Trinajstić information content (AvgIpc) is 3.09. The summed E-state index contributed by atoms with van der Waals surface area (Å²) in [5.41, 5.74) is 3.86. The number of carbonyl (C=O) groups excluding carboxylic acids is 1. The molecule has 5 rings (SSSR count). The Morgan fingerprint density at radius 2 is 1.65 bits per heavy atom. The number of carbonyl (C=O) groups is 1. The first-order valence-corrected chi connectivity index (χ1v) is 13.5. The molecule has 0 aliphatic carbocycles. The first-order valence-electron chi connectivity index (χ1n) is 13.5. The van der Waals surface area contributed by atoms with E-state index in [1.54, 1.807) is 0 Å². The third-order valence-corrected chi connectivity index (χ3v) is 7.22. The van der Waals surface area contributed by atoms with Crippen LogP contribution in [0.25, 0.3) is 16.7 Å². The van der Waals surface area contributed by atoms with E-state index in [2.05, 4.69) is 43.0 Å². The Labute approximate surface area is 219 Å². The molecule has 192 valence electrons. The Morgan fingerprint density at radius 3 is 2.35 bits per heavy atom. The molecule has 4 aromatic rings. The topological polar surface area (TPSA) is 67.2 Å². The zero-order chi connectivity index (χ0) is 25.8. The third kappa shape index (κ3) is 5.08. The molecule has 2 aromatic heterocycles. The molecule has 0 spiro atoms. The van der Waals surface area contributed by atoms with E-state index >= 15 is 0 Å². The Bertz CT molecular complexity index is 1350. The van der Waals surface area contributed by atoms with Crippen molar-refractivity contribution in [2.75, 3.05) is 31.1 Å². The molecule has 0 N–H and O–H groups in total. The molecule has 2 aromatic carbocycles. The molecular formula is C30H36N6O. The van der Waals surface area contributed by atoms with Gasteiger partial charge in [0.05, 0.1) is 22.7 Å². The lowest BCUT2D eigenvalue weighted by atomic mass is 9.95. The van der Waals surface area contributed by atoms with E-state index in [0.29, 0.717) is 6.54 Å². The predicted octanol–water partition coefficient (Wildman–Crippen LogP) is 5.31. The number of aryl methyl sites for hydroxylation is 2. The zero-order valence-corrected chi connectivity index (χ0v) is 22.1. The van der Waals surface area contributed by atoms with Gasteiger partial charge in [0.1, 0.15) is 11.6 Å². The second-order valence-corrected chi connectivity index (χ2v) is 9.78. The van der Waals surface area contributed by atoms with E-state index in [0.717, 1.165) is 84.9 Å². The Hall–Kier alpha value is -3.74. The summed E-state index contributed by atoms with van der Waals surface area (Å²) in [6, 6.07) is 20.3. The molecule has 1 fully saturated rings. The quantitative estimate of drug-likeness (QED) is 0.347. The molecule has 7 heteroatoms. The van der Waals surface area contributed by atoms with Crippen LogP contribution in [0, 0.1) is 6.92 Å². The van der Waals surface area contributed by atoms with Crippen LogP contribution in [0.3, 0.4) is 0 Å². The number of aromatic nitrogens is 4. The molecule has 7 nitrogen and oxygen atoms in total. The molecule has 1 unspecified atom stereocenters. The summed E-state index contributed by atoms with van der Waals surface area (Å²) in [5, 5.41) is 5.87. The summed E-state index contributed by atoms with van der Waals surface area (Å²) in [5.74, 6) is 1.91. The smallest absolute Gasteiger partial charge is 0.230 e. The molecule has 1 atom stereocenters. The summed E-state index contributed by atoms with van der Waals surface area (Å²) in [7, 11) is 0. The first kappa shape index (κ1) is 24.9. The lowest BCUT2D eigenvalue weighted by molar-refractivity contribution is -0.132. The van der Waals surface area contributed by atoms with Gasteiger partial charge >= 0.3 is 0 Å². The average molecular weight is 497 g/mol. The van der Waals surface area contributed by atoms with Gasteiger partial charge in [-0.1, -0.05) is 62.4 Å². The van der Waals surface area contributed by atoms with Crippen molar-refractivity contribution < 1.29 is 4.79 Å². The number of para-hydroxylation sites is 1. The summed E-state index contributed by atoms with van der Waals surface area (Å²) in [6.45, 7) is 9.32. The van der Waals surface area contributed by atoms with Gasteiger partial charge in [-0.25, -0.2) is 14.6 Å². The molecule has 1 aliphatic heterocycles. The number of rotatable bonds is 7. The normalized spacial score (nSPS) is 15.1. The maximum atomic E-state index is 13.6. The standard InChI is InChI=1S/C30H36N6O/c1-4-13-26-31-28(27-22(3)33-36(29(27)32-26)24-16-10-7-11-17-24)34-18-12-19-35(21-20-34)30(37)25(5-2)23-14-8-6-9-15-23/h6-11,14-17,25H,4-5,12-13,18-21H2,1-3H3. The number of benzene rings is 2. The van der Waals surface area contributed by atoms with Crippen LogP contribution < -0.4 is 4.90 Å². The van der Waals surface area contributed by atoms with Crippen molar-refractivity contribution in [1.29, 1.82) is 0 Å². The van der Waals surface area contributed by atoms with Crippen molar-refractivity contribution in [3.05, 3.63) is 77.7 Å². The summed E-state index contributed by atoms with van der Waals surface area (Å²) in [6.07, 6.45) is 3.49. The van der Waals surface area contributed by atoms with E-state index in [1.165, 1.54) is 0 Å². The lowest BCUT2D eigenvalue weighted by Crippen LogP contribution is -2.38. The molecule has 0 bridgehead atoms. The first-order chi connectivity index (χ1) is 18.1. The maximum Gasteiger partial charge on any atom is 0.230 e. The number of anilines is 1. The van der Waals surface area contributed by atoms with Crippen LogP contribution in [0.1, 0.15) is 56.1 Å². The lowest BCUT2D eigenvalue weighted by Gasteiger charge is -2.26. The van der Waals surface area contributed by atoms with Crippen molar-refractivity contribution in [3.8, 4) is 5.69 Å². The number of nitrogens with zero attached hydrogens (tertiary/aromatic N) is 6. The Morgan fingerprint density at radius 1 is 0.919 bits per heavy atom. The highest BCUT2D eigenvalue weighted by atomic mass is 16.2. The summed E-state index contributed by atoms with van der Waals surface area (Å²) in [4.78, 5) is 27.9. The van der Waals surface area contributed by atoms with E-state index in [9.17, 15) is 4.79 Å². The van der Waals surface area contributed by atoms with Crippen LogP contribution in [-0.2, 0) is 11.2 Å². The highest BCUT2D eigenvalue weighted by Crippen LogP contribution is 2.30. The van der Waals surface area contributed by atoms with Crippen molar-refractivity contribution in [2.45, 2.75) is 52.4 Å². The molecule has 37 heavy (non-hydrogen) atoms. The van der Waals surface area contributed by atoms with Gasteiger partial charge in [0, 0.05) is 32.6 Å². The van der Waals surface area contributed by atoms with Gasteiger partial charge < -0.3 is 9.80 Å². The third-order valence-electron chi connectivity index (χ3n) is 7.22. The number of fused-ring (bicyclic) bond motifs is 1. The molecule has 1 aliphatic rings. The highest BCUT2D eigenvalue weighted by Gasteiger charge is 2.28. The molecule has 1 saturated heterocycles. The highest BCUT2D eigenvalue weighted by molar-refractivity contribution is 5.91. The maximum absolute atomic E-state index is 13.6. The molecule has 3 heterocycles. The fourth-order valence-corrected chi connectivity index (χ4v) is 5.33. The van der Waals surface area contributed by atoms with Crippen molar-refractivity contribution in [3.63, 3.8) is 0 Å². The second-order valence-electron chi connectivity index (χ2n) is 9.78. The van der Waals surface area contributed by atoms with E-state index < -0.39 is 0 Å². The van der Waals surface area contributed by atoms with Gasteiger partial charge in [0.2, 0.25) is 5.91 Å². The van der Waals surface area contributed by atoms with Crippen LogP contribution in [0.4, 0.5) is 5.82 Å². The van der Waals surface area contributed by atoms with Gasteiger partial charge in [0.15, 0.2) is 5.65 Å². The van der Waals surface area contributed by atoms with Crippen LogP contribution in [0.5, 0.6) is 0 Å². The van der Waals surface area contributed by atoms with E-state index in [4.69, 9.17) is 15.1 Å². The van der Waals surface area contributed by atoms with Gasteiger partial charge in [-0.2, -0.15) is 5.10 Å². The van der Waals surface area contributed by atoms with E-state index in [-0.39, 0.29) is 11.8 Å². The van der Waals surface area contributed by atoms with Crippen LogP contribution in [-0.4, -0.2) is 56.7 Å². The molecular weight excluding hydrogens is 460 g/mol. The summed E-state index contributed by atoms with van der Waals surface area (Å²) >= 11 is 0. The van der Waals surface area contributed by atoms with E-state index in [1.807, 2.05) is 52.9 Å². The number of hydrogen-bond donors (Lipinski definition) is 0. The minimum atomic E-state index is -0.0963. The largest absolute Gasteiger partial charge is 0.354 e. The van der Waals surface area contributed by atoms with Crippen LogP contribution in [0.2, 0.25) is 0 Å². The summed E-state index contributed by atoms with van der Waals surface area (Å²) < 4.78 is 1.94. The second kappa shape index (κ2) is 11.1. The zero-order valence-electron chi connectivity index (χ0n) is 22.1. The van der Waals surface area contributed by atoms with Crippen LogP contribution >= 0.6 is 0 Å². The van der Waals surface area contributed by atoms with Crippen LogP contribution in [0.15, 0.2) is 60.7 Å². The van der Waals surface area contributed by atoms with Crippen molar-refractivity contribution in [1.82, 2.24) is 24.6 Å². The number of hydrogen-bond acceptors (Lipinski definition) is 5. The molecule has 1 amide bonds. The monoisotopic (exact) mass is 496 g/mol. The fraction of sp³-hybridized carbons (Fsp3) is 0.400. The van der Waals surface area contributed by atoms with Crippen molar-refractivity contribution in [2.24, 2.45) is 0 Å². The Kier molecular flexibility index (Phi) is 7.49. The van der Waals surface area contributed by atoms with Gasteiger partial charge in [0.25, 0.3) is 0 Å². The van der Waals surface area contributed by atoms with Gasteiger partial charge in [-0.05, 0) is 43.9 Å².